The normalized spacial score (nSPS) is 12.1. The first-order valence-corrected chi connectivity index (χ1v) is 15.1. The number of nitrogens with zero attached hydrogens (tertiary/aromatic N) is 2. The molecule has 0 spiro atoms. The highest BCUT2D eigenvalue weighted by molar-refractivity contribution is 6.30. The average Bonchev–Trinajstić information content (AvgIpc) is 3.05. The Morgan fingerprint density at radius 3 is 2.24 bits per heavy atom. The van der Waals surface area contributed by atoms with Crippen molar-refractivity contribution in [1.82, 2.24) is 10.2 Å². The summed E-state index contributed by atoms with van der Waals surface area (Å²) < 4.78 is 26.3. The van der Waals surface area contributed by atoms with Crippen LogP contribution in [0.5, 0.6) is 5.75 Å². The Bertz CT molecular complexity index is 1310. The predicted octanol–water partition coefficient (Wildman–Crippen LogP) is 5.68. The summed E-state index contributed by atoms with van der Waals surface area (Å²) in [6, 6.07) is 21.5. The lowest BCUT2D eigenvalue weighted by atomic mass is 10.0. The van der Waals surface area contributed by atoms with Gasteiger partial charge in [0.25, 0.3) is 0 Å². The summed E-state index contributed by atoms with van der Waals surface area (Å²) in [4.78, 5) is 37.7. The Morgan fingerprint density at radius 2 is 1.62 bits per heavy atom. The van der Waals surface area contributed by atoms with E-state index >= 15 is 4.48 Å². The Balaban J connectivity index is 0.00000226. The first-order valence-electron chi connectivity index (χ1n) is 14.7. The number of hydrogen-bond acceptors (Lipinski definition) is 7. The smallest absolute Gasteiger partial charge is 0.246 e. The summed E-state index contributed by atoms with van der Waals surface area (Å²) in [5, 5.41) is 3.26. The summed E-state index contributed by atoms with van der Waals surface area (Å²) in [5.74, 6) is -0.519. The number of nitrogens with one attached hydrogen (secondary N) is 1. The lowest BCUT2D eigenvalue weighted by Crippen LogP contribution is -2.49. The molecule has 0 bridgehead atoms. The highest BCUT2D eigenvalue weighted by atomic mass is 35.5. The van der Waals surface area contributed by atoms with Gasteiger partial charge in [0.2, 0.25) is 5.91 Å². The molecule has 2 atom stereocenters. The second kappa shape index (κ2) is 21.6. The molecule has 3 rings (SSSR count). The maximum atomic E-state index is 16.1. The first kappa shape index (κ1) is 37.1. The molecule has 242 valence electrons. The number of methoxy groups -OCH3 is 1. The van der Waals surface area contributed by atoms with Gasteiger partial charge in [0.1, 0.15) is 36.7 Å². The van der Waals surface area contributed by atoms with E-state index in [-0.39, 0.29) is 37.3 Å². The number of benzene rings is 3. The maximum absolute atomic E-state index is 16.1. The van der Waals surface area contributed by atoms with Crippen molar-refractivity contribution >= 4 is 35.8 Å². The van der Waals surface area contributed by atoms with Crippen molar-refractivity contribution in [3.63, 3.8) is 0 Å². The summed E-state index contributed by atoms with van der Waals surface area (Å²) in [6.45, 7) is 1.78. The Kier molecular flexibility index (Phi) is 17.8. The Labute approximate surface area is 270 Å². The van der Waals surface area contributed by atoms with E-state index in [1.165, 1.54) is 23.8 Å². The van der Waals surface area contributed by atoms with E-state index in [1.807, 2.05) is 43.5 Å². The lowest BCUT2D eigenvalue weighted by molar-refractivity contribution is -0.126. The molecule has 0 radical (unpaired) electrons. The van der Waals surface area contributed by atoms with Crippen LogP contribution in [0.2, 0.25) is 5.02 Å². The lowest BCUT2D eigenvalue weighted by Gasteiger charge is -2.27. The maximum Gasteiger partial charge on any atom is 0.246 e. The van der Waals surface area contributed by atoms with Crippen molar-refractivity contribution in [3.05, 3.63) is 107 Å². The van der Waals surface area contributed by atoms with Crippen molar-refractivity contribution < 1.29 is 28.3 Å². The first-order chi connectivity index (χ1) is 21.8. The Hall–Kier alpha value is -4.05. The third-order valence-electron chi connectivity index (χ3n) is 6.63. The second-order valence-corrected chi connectivity index (χ2v) is 10.7. The van der Waals surface area contributed by atoms with Crippen LogP contribution in [0.4, 0.5) is 10.2 Å². The van der Waals surface area contributed by atoms with E-state index < -0.39 is 18.0 Å². The number of carbonyl (C=O) groups is 3. The molecule has 3 aromatic rings. The van der Waals surface area contributed by atoms with Crippen LogP contribution in [0.15, 0.2) is 91.0 Å². The number of aldehydes is 2. The molecule has 45 heavy (non-hydrogen) atoms. The zero-order chi connectivity index (χ0) is 32.9. The van der Waals surface area contributed by atoms with Gasteiger partial charge < -0.3 is 29.3 Å². The van der Waals surface area contributed by atoms with Gasteiger partial charge in [-0.25, -0.2) is 0 Å². The van der Waals surface area contributed by atoms with Crippen LogP contribution in [0.1, 0.15) is 24.0 Å². The topological polar surface area (TPSA) is 88.2 Å². The molecule has 8 nitrogen and oxygen atoms in total. The van der Waals surface area contributed by atoms with Gasteiger partial charge in [0.15, 0.2) is 0 Å². The third-order valence-corrected chi connectivity index (χ3v) is 6.87. The number of rotatable bonds is 18. The average molecular weight is 640 g/mol. The van der Waals surface area contributed by atoms with E-state index in [2.05, 4.69) is 27.1 Å². The largest absolute Gasteiger partial charge is 0.487 e. The molecule has 1 unspecified atom stereocenters. The number of halogens is 2. The van der Waals surface area contributed by atoms with E-state index in [0.717, 1.165) is 25.1 Å². The molecule has 3 aromatic carbocycles. The van der Waals surface area contributed by atoms with Gasteiger partial charge in [0, 0.05) is 51.2 Å². The Morgan fingerprint density at radius 1 is 0.978 bits per heavy atom. The van der Waals surface area contributed by atoms with Gasteiger partial charge in [-0.15, -0.1) is 0 Å². The van der Waals surface area contributed by atoms with Crippen LogP contribution in [0.25, 0.3) is 0 Å². The molecule has 0 aliphatic rings. The minimum absolute atomic E-state index is 0.0272. The number of likely N-dealkylation sites (N-methyl/N-ethyl adjacent to an activating group) is 1. The van der Waals surface area contributed by atoms with Crippen molar-refractivity contribution in [1.29, 1.82) is 0 Å². The summed E-state index contributed by atoms with van der Waals surface area (Å²) in [5.41, 5.74) is 2.04. The molecular weight excluding hydrogens is 597 g/mol. The molecule has 0 aliphatic carbocycles. The molecule has 1 N–H and O–H groups in total. The van der Waals surface area contributed by atoms with Gasteiger partial charge in [-0.3, -0.25) is 4.79 Å². The predicted molar refractivity (Wildman–Crippen MR) is 177 cm³/mol. The zero-order valence-electron chi connectivity index (χ0n) is 26.1. The number of ether oxygens (including phenoxy) is 2. The molecule has 0 heterocycles. The van der Waals surface area contributed by atoms with Crippen LogP contribution in [-0.2, 0) is 32.0 Å². The summed E-state index contributed by atoms with van der Waals surface area (Å²) in [7, 11) is 5.29. The van der Waals surface area contributed by atoms with E-state index in [4.69, 9.17) is 16.3 Å². The molecule has 10 heteroatoms. The molecule has 1 amide bonds. The third kappa shape index (κ3) is 14.1. The monoisotopic (exact) mass is 639 g/mol. The molecule has 0 aliphatic heterocycles. The van der Waals surface area contributed by atoms with Gasteiger partial charge in [-0.05, 0) is 43.1 Å². The highest BCUT2D eigenvalue weighted by Gasteiger charge is 2.30. The number of hydrogen-bond donors (Lipinski definition) is 1. The standard InChI is InChI=1S/C33H37ClFN3O4.C2H6O/c1-37(20-18-26-11-4-2-5-12-26)19-8-9-22-42-32-24-28(34)16-17-30(32)38(35)31(23-27-13-6-3-7-14-27)33(41)36-29(25-40)15-10-21-39;1-3-2/h2-9,11-14,16-17,21,24-25,29,31H,10,15,18-20,22-23H2,1H3,(H,36,41);1-2H3/b9-8-;/t29?,31-;/m1./s1. The van der Waals surface area contributed by atoms with Gasteiger partial charge in [-0.1, -0.05) is 88.9 Å². The number of anilines is 1. The van der Waals surface area contributed by atoms with Crippen molar-refractivity contribution in [2.24, 2.45) is 0 Å². The molecule has 0 aromatic heterocycles. The van der Waals surface area contributed by atoms with E-state index in [9.17, 15) is 14.4 Å². The summed E-state index contributed by atoms with van der Waals surface area (Å²) >= 11 is 6.20. The fraction of sp³-hybridized carbons (Fsp3) is 0.343. The van der Waals surface area contributed by atoms with Crippen molar-refractivity contribution in [3.8, 4) is 5.75 Å². The number of carbonyl (C=O) groups excluding carboxylic acids is 3. The number of amides is 1. The highest BCUT2D eigenvalue weighted by Crippen LogP contribution is 2.34. The van der Waals surface area contributed by atoms with Crippen LogP contribution in [-0.4, -0.2) is 76.4 Å². The molecule has 0 saturated carbocycles. The fourth-order valence-corrected chi connectivity index (χ4v) is 4.44. The van der Waals surface area contributed by atoms with Crippen molar-refractivity contribution in [2.45, 2.75) is 37.8 Å². The van der Waals surface area contributed by atoms with Crippen LogP contribution in [0.3, 0.4) is 0 Å². The second-order valence-electron chi connectivity index (χ2n) is 10.3. The fourth-order valence-electron chi connectivity index (χ4n) is 4.28. The van der Waals surface area contributed by atoms with Crippen LogP contribution >= 0.6 is 11.6 Å². The minimum Gasteiger partial charge on any atom is -0.487 e. The SMILES string of the molecule is CN(C/C=C\COc1cc(Cl)ccc1N(F)[C@H](Cc1ccccc1)C(=O)NC(C=O)CCC=O)CCc1ccccc1.COC. The molecule has 0 saturated heterocycles. The molecule has 0 fully saturated rings. The van der Waals surface area contributed by atoms with Gasteiger partial charge >= 0.3 is 0 Å². The van der Waals surface area contributed by atoms with Crippen molar-refractivity contribution in [2.75, 3.05) is 46.1 Å². The summed E-state index contributed by atoms with van der Waals surface area (Å²) in [6.07, 6.45) is 6.24. The zero-order valence-corrected chi connectivity index (χ0v) is 26.9. The van der Waals surface area contributed by atoms with E-state index in [1.54, 1.807) is 38.5 Å². The molecular formula is C35H43ClFN3O5. The quantitative estimate of drug-likeness (QED) is 0.109. The van der Waals surface area contributed by atoms with Gasteiger partial charge in [-0.2, -0.15) is 5.12 Å². The van der Waals surface area contributed by atoms with E-state index in [0.29, 0.717) is 22.7 Å². The van der Waals surface area contributed by atoms with Crippen LogP contribution < -0.4 is 15.2 Å². The minimum atomic E-state index is -1.32. The van der Waals surface area contributed by atoms with Gasteiger partial charge in [0.05, 0.1) is 6.04 Å². The van der Waals surface area contributed by atoms with Crippen LogP contribution in [0, 0.1) is 0 Å².